The molecule has 3 rings (SSSR count). The van der Waals surface area contributed by atoms with Crippen molar-refractivity contribution in [3.63, 3.8) is 0 Å². The van der Waals surface area contributed by atoms with E-state index >= 15 is 0 Å². The van der Waals surface area contributed by atoms with Crippen molar-refractivity contribution in [3.8, 4) is 11.6 Å². The second-order valence-electron chi connectivity index (χ2n) is 3.75. The van der Waals surface area contributed by atoms with Crippen molar-refractivity contribution in [2.75, 3.05) is 0 Å². The first-order chi connectivity index (χ1) is 8.43. The van der Waals surface area contributed by atoms with Crippen molar-refractivity contribution < 1.29 is 10.2 Å². The monoisotopic (exact) mass is 239 g/mol. The minimum absolute atomic E-state index is 0. The zero-order valence-electron chi connectivity index (χ0n) is 9.71. The largest absolute Gasteiger partial charge is 0.438 e. The lowest BCUT2D eigenvalue weighted by Gasteiger charge is -2.07. The van der Waals surface area contributed by atoms with Crippen LogP contribution in [0.4, 0.5) is 0 Å². The highest BCUT2D eigenvalue weighted by atomic mass is 16.5. The van der Waals surface area contributed by atoms with E-state index in [0.29, 0.717) is 5.88 Å². The van der Waals surface area contributed by atoms with Gasteiger partial charge in [-0.15, -0.1) is 0 Å². The number of nitrogens with zero attached hydrogens (tertiary/aromatic N) is 1. The van der Waals surface area contributed by atoms with Crippen LogP contribution in [0.2, 0.25) is 0 Å². The van der Waals surface area contributed by atoms with Crippen LogP contribution in [-0.4, -0.2) is 10.5 Å². The van der Waals surface area contributed by atoms with Crippen LogP contribution in [0, 0.1) is 0 Å². The minimum Gasteiger partial charge on any atom is -0.438 e. The van der Waals surface area contributed by atoms with Gasteiger partial charge in [0.05, 0.1) is 0 Å². The highest BCUT2D eigenvalue weighted by Gasteiger charge is 2.02. The molecular formula is C15H13NO2. The van der Waals surface area contributed by atoms with E-state index < -0.39 is 0 Å². The summed E-state index contributed by atoms with van der Waals surface area (Å²) in [5, 5.41) is 2.27. The van der Waals surface area contributed by atoms with E-state index in [9.17, 15) is 0 Å². The van der Waals surface area contributed by atoms with Gasteiger partial charge in [-0.3, -0.25) is 0 Å². The Morgan fingerprint density at radius 3 is 2.39 bits per heavy atom. The highest BCUT2D eigenvalue weighted by Crippen LogP contribution is 2.28. The Morgan fingerprint density at radius 1 is 0.778 bits per heavy atom. The Balaban J connectivity index is 0.00000120. The fraction of sp³-hybridized carbons (Fsp3) is 0. The van der Waals surface area contributed by atoms with Gasteiger partial charge in [0.25, 0.3) is 0 Å². The minimum atomic E-state index is 0. The van der Waals surface area contributed by atoms with Gasteiger partial charge in [-0.1, -0.05) is 42.5 Å². The molecule has 0 atom stereocenters. The fourth-order valence-corrected chi connectivity index (χ4v) is 1.80. The Kier molecular flexibility index (Phi) is 3.55. The Hall–Kier alpha value is -2.39. The molecule has 3 aromatic rings. The average Bonchev–Trinajstić information content (AvgIpc) is 2.40. The van der Waals surface area contributed by atoms with Crippen LogP contribution < -0.4 is 4.74 Å². The van der Waals surface area contributed by atoms with E-state index in [1.54, 1.807) is 6.20 Å². The first kappa shape index (κ1) is 12.1. The third-order valence-electron chi connectivity index (χ3n) is 2.60. The Bertz CT molecular complexity index is 633. The predicted octanol–water partition coefficient (Wildman–Crippen LogP) is 3.20. The Labute approximate surface area is 105 Å². The van der Waals surface area contributed by atoms with Gasteiger partial charge in [0, 0.05) is 17.6 Å². The zero-order valence-corrected chi connectivity index (χ0v) is 9.71. The maximum atomic E-state index is 5.78. The summed E-state index contributed by atoms with van der Waals surface area (Å²) in [6, 6.07) is 19.8. The van der Waals surface area contributed by atoms with Gasteiger partial charge in [-0.2, -0.15) is 0 Å². The molecule has 0 saturated heterocycles. The topological polar surface area (TPSA) is 53.6 Å². The van der Waals surface area contributed by atoms with Gasteiger partial charge in [0.2, 0.25) is 5.88 Å². The third-order valence-corrected chi connectivity index (χ3v) is 2.60. The Morgan fingerprint density at radius 2 is 1.56 bits per heavy atom. The molecule has 0 aliphatic heterocycles. The van der Waals surface area contributed by atoms with Crippen molar-refractivity contribution in [2.45, 2.75) is 0 Å². The highest BCUT2D eigenvalue weighted by molar-refractivity contribution is 5.88. The summed E-state index contributed by atoms with van der Waals surface area (Å²) in [4.78, 5) is 4.16. The third kappa shape index (κ3) is 2.31. The van der Waals surface area contributed by atoms with Crippen molar-refractivity contribution in [1.29, 1.82) is 0 Å². The molecule has 1 aromatic heterocycles. The molecule has 2 aromatic carbocycles. The summed E-state index contributed by atoms with van der Waals surface area (Å²) < 4.78 is 5.78. The average molecular weight is 239 g/mol. The quantitative estimate of drug-likeness (QED) is 0.689. The summed E-state index contributed by atoms with van der Waals surface area (Å²) in [5.41, 5.74) is 0. The summed E-state index contributed by atoms with van der Waals surface area (Å²) in [6.07, 6.45) is 1.72. The van der Waals surface area contributed by atoms with Crippen molar-refractivity contribution >= 4 is 10.8 Å². The number of aromatic nitrogens is 1. The van der Waals surface area contributed by atoms with Crippen molar-refractivity contribution in [1.82, 2.24) is 4.98 Å². The van der Waals surface area contributed by atoms with Crippen molar-refractivity contribution in [2.24, 2.45) is 0 Å². The lowest BCUT2D eigenvalue weighted by atomic mass is 10.1. The first-order valence-corrected chi connectivity index (χ1v) is 5.50. The fourth-order valence-electron chi connectivity index (χ4n) is 1.80. The van der Waals surface area contributed by atoms with Gasteiger partial charge in [0.15, 0.2) is 0 Å². The standard InChI is InChI=1S/C15H11NO.H2O/c1-2-8-13-12(6-1)7-5-9-14(13)17-15-10-3-4-11-16-15;/h1-11H;1H2. The van der Waals surface area contributed by atoms with Gasteiger partial charge in [0.1, 0.15) is 5.75 Å². The first-order valence-electron chi connectivity index (χ1n) is 5.50. The van der Waals surface area contributed by atoms with Crippen LogP contribution in [0.3, 0.4) is 0 Å². The zero-order chi connectivity index (χ0) is 11.5. The van der Waals surface area contributed by atoms with Crippen LogP contribution in [0.5, 0.6) is 11.6 Å². The lowest BCUT2D eigenvalue weighted by Crippen LogP contribution is -1.87. The number of fused-ring (bicyclic) bond motifs is 1. The predicted molar refractivity (Wildman–Crippen MR) is 71.9 cm³/mol. The van der Waals surface area contributed by atoms with E-state index in [-0.39, 0.29) is 5.48 Å². The summed E-state index contributed by atoms with van der Waals surface area (Å²) in [5.74, 6) is 1.45. The number of ether oxygens (including phenoxy) is 1. The van der Waals surface area contributed by atoms with Gasteiger partial charge < -0.3 is 10.2 Å². The SMILES string of the molecule is O.c1ccc(Oc2cccc3ccccc23)nc1. The molecule has 3 nitrogen and oxygen atoms in total. The van der Waals surface area contributed by atoms with E-state index in [1.165, 1.54) is 5.39 Å². The smallest absolute Gasteiger partial charge is 0.219 e. The normalized spacial score (nSPS) is 9.78. The maximum Gasteiger partial charge on any atom is 0.219 e. The molecule has 3 heteroatoms. The van der Waals surface area contributed by atoms with E-state index in [0.717, 1.165) is 11.1 Å². The van der Waals surface area contributed by atoms with Gasteiger partial charge in [-0.25, -0.2) is 4.98 Å². The second kappa shape index (κ2) is 5.29. The second-order valence-corrected chi connectivity index (χ2v) is 3.75. The van der Waals surface area contributed by atoms with Gasteiger partial charge in [-0.05, 0) is 17.5 Å². The molecule has 0 amide bonds. The molecule has 1 heterocycles. The summed E-state index contributed by atoms with van der Waals surface area (Å²) in [7, 11) is 0. The van der Waals surface area contributed by atoms with Crippen LogP contribution in [0.25, 0.3) is 10.8 Å². The number of rotatable bonds is 2. The molecule has 0 spiro atoms. The molecule has 0 fully saturated rings. The van der Waals surface area contributed by atoms with Crippen molar-refractivity contribution in [3.05, 3.63) is 66.9 Å². The molecule has 0 bridgehead atoms. The lowest BCUT2D eigenvalue weighted by molar-refractivity contribution is 0.468. The molecule has 0 aliphatic rings. The van der Waals surface area contributed by atoms with E-state index in [4.69, 9.17) is 4.74 Å². The number of hydrogen-bond acceptors (Lipinski definition) is 2. The molecule has 0 saturated carbocycles. The van der Waals surface area contributed by atoms with Crippen LogP contribution >= 0.6 is 0 Å². The molecule has 18 heavy (non-hydrogen) atoms. The number of benzene rings is 2. The van der Waals surface area contributed by atoms with E-state index in [2.05, 4.69) is 17.1 Å². The van der Waals surface area contributed by atoms with Crippen LogP contribution in [0.15, 0.2) is 66.9 Å². The van der Waals surface area contributed by atoms with Crippen LogP contribution in [0.1, 0.15) is 0 Å². The molecule has 90 valence electrons. The number of pyridine rings is 1. The molecule has 0 unspecified atom stereocenters. The van der Waals surface area contributed by atoms with E-state index in [1.807, 2.05) is 48.5 Å². The van der Waals surface area contributed by atoms with Gasteiger partial charge >= 0.3 is 0 Å². The summed E-state index contributed by atoms with van der Waals surface area (Å²) >= 11 is 0. The molecule has 2 N–H and O–H groups in total. The number of hydrogen-bond donors (Lipinski definition) is 0. The summed E-state index contributed by atoms with van der Waals surface area (Å²) in [6.45, 7) is 0. The molecule has 0 radical (unpaired) electrons. The maximum absolute atomic E-state index is 5.78. The molecule has 0 aliphatic carbocycles. The molecular weight excluding hydrogens is 226 g/mol. The van der Waals surface area contributed by atoms with Crippen LogP contribution in [-0.2, 0) is 0 Å².